The number of hydrogen-bond donors (Lipinski definition) is 4. The van der Waals surface area contributed by atoms with Gasteiger partial charge in [-0.05, 0) is 117 Å². The summed E-state index contributed by atoms with van der Waals surface area (Å²) in [6.07, 6.45) is 10.1. The van der Waals surface area contributed by atoms with Gasteiger partial charge in [-0.3, -0.25) is 19.8 Å². The van der Waals surface area contributed by atoms with Crippen LogP contribution in [0.1, 0.15) is 112 Å². The Morgan fingerprint density at radius 1 is 1.01 bits per heavy atom. The Morgan fingerprint density at radius 3 is 2.52 bits per heavy atom. The maximum Gasteiger partial charge on any atom is 0.297 e. The zero-order valence-corrected chi connectivity index (χ0v) is 39.7. The lowest BCUT2D eigenvalue weighted by molar-refractivity contribution is -0.384. The number of H-pyrrole nitrogens is 1. The lowest BCUT2D eigenvalue weighted by atomic mass is 9.70. The maximum absolute atomic E-state index is 14.2. The van der Waals surface area contributed by atoms with E-state index in [0.29, 0.717) is 49.2 Å². The van der Waals surface area contributed by atoms with E-state index in [2.05, 4.69) is 67.9 Å². The molecule has 354 valence electrons. The van der Waals surface area contributed by atoms with Crippen LogP contribution in [0.2, 0.25) is 5.15 Å². The number of benzene rings is 3. The third-order valence-electron chi connectivity index (χ3n) is 15.3. The van der Waals surface area contributed by atoms with Gasteiger partial charge in [0.25, 0.3) is 21.6 Å². The van der Waals surface area contributed by atoms with Gasteiger partial charge in [-0.15, -0.1) is 0 Å². The van der Waals surface area contributed by atoms with Gasteiger partial charge in [-0.25, -0.2) is 18.1 Å². The third kappa shape index (κ3) is 8.93. The molecule has 3 aliphatic heterocycles. The van der Waals surface area contributed by atoms with Crippen molar-refractivity contribution in [3.8, 4) is 17.2 Å². The standard InChI is InChI=1S/C50H58ClN7O8S/c1-30(2)35-7-4-5-8-36(35)37-9-6-10-40(37)57-28-50(29-57)18-21-56(22-19-50)33-11-12-38(42(24-33)66-44-23-32-15-20-52-47(32)54-46(44)51)48(59)55-67(63,64)34-25-41(58(61)62)45-43(26-34)65-27-39(53-45)31-13-16-49(3,60)17-14-31/h4-5,7-8,11-12,15,20,23-26,30-31,37,39-40,53,60H,6,9-10,13-14,16-19,21-22,27-29H2,1-3H3,(H,52,54)(H,55,59)/t31-,37-,39-,40-,49-/m1/s1. The number of carbonyl (C=O) groups excluding carboxylic acids is 1. The van der Waals surface area contributed by atoms with Crippen molar-refractivity contribution in [3.63, 3.8) is 0 Å². The number of aromatic amines is 1. The van der Waals surface area contributed by atoms with E-state index in [1.807, 2.05) is 6.07 Å². The molecule has 2 saturated carbocycles. The summed E-state index contributed by atoms with van der Waals surface area (Å²) in [6.45, 7) is 10.3. The Kier molecular flexibility index (Phi) is 11.9. The van der Waals surface area contributed by atoms with Crippen LogP contribution in [0, 0.1) is 21.4 Å². The number of amides is 1. The fraction of sp³-hybridized carbons (Fsp3) is 0.480. The van der Waals surface area contributed by atoms with Crippen LogP contribution in [0.25, 0.3) is 11.0 Å². The molecule has 4 fully saturated rings. The van der Waals surface area contributed by atoms with E-state index >= 15 is 0 Å². The summed E-state index contributed by atoms with van der Waals surface area (Å²) >= 11 is 6.61. The molecule has 3 atom stereocenters. The van der Waals surface area contributed by atoms with Crippen molar-refractivity contribution < 1.29 is 32.7 Å². The molecule has 2 aromatic heterocycles. The Labute approximate surface area is 395 Å². The van der Waals surface area contributed by atoms with E-state index in [0.717, 1.165) is 56.2 Å². The molecule has 15 nitrogen and oxygen atoms in total. The minimum Gasteiger partial charge on any atom is -0.489 e. The van der Waals surface area contributed by atoms with Crippen LogP contribution in [-0.4, -0.2) is 89.7 Å². The van der Waals surface area contributed by atoms with Gasteiger partial charge in [0.1, 0.15) is 18.0 Å². The molecule has 0 unspecified atom stereocenters. The average molecular weight is 953 g/mol. The van der Waals surface area contributed by atoms with Crippen LogP contribution in [-0.2, 0) is 10.0 Å². The van der Waals surface area contributed by atoms with Crippen LogP contribution in [0.4, 0.5) is 17.1 Å². The van der Waals surface area contributed by atoms with Crippen molar-refractivity contribution in [3.05, 3.63) is 105 Å². The molecule has 67 heavy (non-hydrogen) atoms. The summed E-state index contributed by atoms with van der Waals surface area (Å²) in [5, 5.41) is 26.8. The van der Waals surface area contributed by atoms with Gasteiger partial charge in [0.05, 0.1) is 27.0 Å². The van der Waals surface area contributed by atoms with E-state index in [1.165, 1.54) is 42.5 Å². The van der Waals surface area contributed by atoms with Gasteiger partial charge in [-0.2, -0.15) is 0 Å². The summed E-state index contributed by atoms with van der Waals surface area (Å²) in [7, 11) is -4.69. The number of piperidine rings is 1. The summed E-state index contributed by atoms with van der Waals surface area (Å²) in [4.78, 5) is 37.8. The molecule has 17 heteroatoms. The average Bonchev–Trinajstić information content (AvgIpc) is 3.97. The van der Waals surface area contributed by atoms with E-state index in [4.69, 9.17) is 21.1 Å². The first-order chi connectivity index (χ1) is 32.1. The highest BCUT2D eigenvalue weighted by atomic mass is 35.5. The first-order valence-corrected chi connectivity index (χ1v) is 25.5. The predicted molar refractivity (Wildman–Crippen MR) is 257 cm³/mol. The van der Waals surface area contributed by atoms with Gasteiger partial charge in [0.2, 0.25) is 0 Å². The number of nitro groups is 1. The number of aliphatic hydroxyl groups is 1. The highest BCUT2D eigenvalue weighted by molar-refractivity contribution is 7.90. The highest BCUT2D eigenvalue weighted by Crippen LogP contribution is 2.49. The molecule has 5 aliphatic rings. The molecule has 2 aliphatic carbocycles. The van der Waals surface area contributed by atoms with Crippen LogP contribution < -0.4 is 24.4 Å². The lowest BCUT2D eigenvalue weighted by Gasteiger charge is -2.57. The van der Waals surface area contributed by atoms with Crippen molar-refractivity contribution in [2.75, 3.05) is 43.0 Å². The number of nitrogens with zero attached hydrogens (tertiary/aromatic N) is 4. The second kappa shape index (κ2) is 17.6. The number of anilines is 2. The number of nitrogens with one attached hydrogen (secondary N) is 3. The molecule has 1 amide bonds. The second-order valence-electron chi connectivity index (χ2n) is 20.2. The molecule has 3 aromatic carbocycles. The molecule has 0 bridgehead atoms. The Balaban J connectivity index is 0.866. The number of pyridine rings is 1. The van der Waals surface area contributed by atoms with Crippen molar-refractivity contribution in [2.24, 2.45) is 11.3 Å². The number of fused-ring (bicyclic) bond motifs is 2. The number of carbonyl (C=O) groups is 1. The van der Waals surface area contributed by atoms with Gasteiger partial charge >= 0.3 is 0 Å². The smallest absolute Gasteiger partial charge is 0.297 e. The number of hydrogen-bond acceptors (Lipinski definition) is 12. The minimum atomic E-state index is -4.69. The van der Waals surface area contributed by atoms with Gasteiger partial charge < -0.3 is 29.8 Å². The number of aromatic nitrogens is 2. The van der Waals surface area contributed by atoms with Crippen molar-refractivity contribution in [1.29, 1.82) is 0 Å². The quantitative estimate of drug-likeness (QED) is 0.0558. The first-order valence-electron chi connectivity index (χ1n) is 23.6. The monoisotopic (exact) mass is 951 g/mol. The molecule has 5 heterocycles. The Morgan fingerprint density at radius 2 is 1.78 bits per heavy atom. The third-order valence-corrected chi connectivity index (χ3v) is 16.9. The topological polar surface area (TPSA) is 192 Å². The van der Waals surface area contributed by atoms with Crippen molar-refractivity contribution >= 4 is 55.6 Å². The lowest BCUT2D eigenvalue weighted by Crippen LogP contribution is -2.63. The molecular formula is C50H58ClN7O8S. The van der Waals surface area contributed by atoms with Gasteiger partial charge in [-0.1, -0.05) is 56.1 Å². The van der Waals surface area contributed by atoms with Crippen LogP contribution in [0.5, 0.6) is 17.2 Å². The van der Waals surface area contributed by atoms with Crippen molar-refractivity contribution in [2.45, 2.75) is 113 Å². The number of halogens is 1. The molecule has 1 spiro atoms. The zero-order chi connectivity index (χ0) is 46.8. The summed E-state index contributed by atoms with van der Waals surface area (Å²) < 4.78 is 42.5. The van der Waals surface area contributed by atoms with Crippen molar-refractivity contribution in [1.82, 2.24) is 19.6 Å². The molecule has 10 rings (SSSR count). The number of nitro benzene ring substituents is 1. The van der Waals surface area contributed by atoms with Gasteiger partial charge in [0, 0.05) is 67.7 Å². The van der Waals surface area contributed by atoms with Gasteiger partial charge in [0.15, 0.2) is 22.3 Å². The second-order valence-corrected chi connectivity index (χ2v) is 22.2. The van der Waals surface area contributed by atoms with E-state index < -0.39 is 37.0 Å². The molecule has 4 N–H and O–H groups in total. The number of likely N-dealkylation sites (tertiary alicyclic amines) is 1. The number of ether oxygens (including phenoxy) is 2. The predicted octanol–water partition coefficient (Wildman–Crippen LogP) is 9.51. The summed E-state index contributed by atoms with van der Waals surface area (Å²) in [5.41, 5.74) is 3.31. The van der Waals surface area contributed by atoms with E-state index in [1.54, 1.807) is 31.3 Å². The molecule has 2 saturated heterocycles. The normalized spacial score (nSPS) is 25.0. The maximum atomic E-state index is 14.2. The number of sulfonamides is 1. The molecular weight excluding hydrogens is 894 g/mol. The fourth-order valence-corrected chi connectivity index (χ4v) is 12.7. The van der Waals surface area contributed by atoms with Crippen LogP contribution >= 0.6 is 11.6 Å². The Bertz CT molecular complexity index is 2830. The number of rotatable bonds is 11. The zero-order valence-electron chi connectivity index (χ0n) is 38.1. The van der Waals surface area contributed by atoms with E-state index in [-0.39, 0.29) is 57.6 Å². The van der Waals surface area contributed by atoms with E-state index in [9.17, 15) is 28.4 Å². The first kappa shape index (κ1) is 45.4. The summed E-state index contributed by atoms with van der Waals surface area (Å²) in [5.74, 6) is 0.368. The fourth-order valence-electron chi connectivity index (χ4n) is 11.5. The SMILES string of the molecule is CC(C)c1ccccc1[C@H]1CCC[C@H]1N1CC2(CCN(c3ccc(C(=O)NS(=O)(=O)c4cc5c(c([N+](=O)[O-])c4)N[C@@H]([C@H]4CC[C@](C)(O)CC4)CO5)c(Oc4cc5cc[nH]c5nc4Cl)c3)CC2)C1. The largest absolute Gasteiger partial charge is 0.489 e. The highest BCUT2D eigenvalue weighted by Gasteiger charge is 2.49. The molecule has 0 radical (unpaired) electrons. The Hall–Kier alpha value is -5.42. The summed E-state index contributed by atoms with van der Waals surface area (Å²) in [6, 6.07) is 20.0. The minimum absolute atomic E-state index is 0.00943. The van der Waals surface area contributed by atoms with Crippen LogP contribution in [0.3, 0.4) is 0 Å². The molecule has 5 aromatic rings. The van der Waals surface area contributed by atoms with Crippen LogP contribution in [0.15, 0.2) is 77.8 Å².